The van der Waals surface area contributed by atoms with Crippen LogP contribution in [-0.4, -0.2) is 27.4 Å². The van der Waals surface area contributed by atoms with Crippen LogP contribution in [-0.2, 0) is 10.4 Å². The Hall–Kier alpha value is -2.73. The molecule has 120 valence electrons. The minimum atomic E-state index is -1.13. The first kappa shape index (κ1) is 16.6. The van der Waals surface area contributed by atoms with Gasteiger partial charge in [0.15, 0.2) is 0 Å². The van der Waals surface area contributed by atoms with Gasteiger partial charge in [0.05, 0.1) is 17.3 Å². The molecule has 23 heavy (non-hydrogen) atoms. The van der Waals surface area contributed by atoms with E-state index in [1.807, 2.05) is 0 Å². The van der Waals surface area contributed by atoms with E-state index in [-0.39, 0.29) is 11.6 Å². The molecule has 0 aliphatic carbocycles. The van der Waals surface area contributed by atoms with Gasteiger partial charge >= 0.3 is 0 Å². The summed E-state index contributed by atoms with van der Waals surface area (Å²) in [5.74, 6) is -0.378. The first-order valence-corrected chi connectivity index (χ1v) is 7.19. The number of aliphatic hydroxyl groups is 1. The van der Waals surface area contributed by atoms with Gasteiger partial charge in [-0.3, -0.25) is 14.9 Å². The molecule has 0 radical (unpaired) electrons. The molecule has 0 spiro atoms. The third kappa shape index (κ3) is 3.73. The molecule has 0 fully saturated rings. The molecule has 2 rings (SSSR count). The average Bonchev–Trinajstić information content (AvgIpc) is 2.92. The van der Waals surface area contributed by atoms with Gasteiger partial charge in [0.25, 0.3) is 5.91 Å². The molecule has 0 aliphatic rings. The van der Waals surface area contributed by atoms with E-state index in [1.165, 1.54) is 18.4 Å². The summed E-state index contributed by atoms with van der Waals surface area (Å²) in [6.45, 7) is 8.62. The maximum Gasteiger partial charge on any atom is 0.274 e. The number of H-pyrrole nitrogens is 1. The predicted octanol–water partition coefficient (Wildman–Crippen LogP) is 2.89. The number of amides is 1. The van der Waals surface area contributed by atoms with Crippen molar-refractivity contribution in [3.8, 4) is 0 Å². The lowest BCUT2D eigenvalue weighted by molar-refractivity contribution is -0.112. The molecule has 1 amide bonds. The molecule has 0 unspecified atom stereocenters. The Bertz CT molecular complexity index is 795. The van der Waals surface area contributed by atoms with Crippen LogP contribution in [0.3, 0.4) is 0 Å². The number of aliphatic imine (C=N–C) groups is 1. The van der Waals surface area contributed by atoms with Crippen LogP contribution >= 0.6 is 0 Å². The largest absolute Gasteiger partial charge is 0.386 e. The lowest BCUT2D eigenvalue weighted by Crippen LogP contribution is -2.21. The zero-order valence-corrected chi connectivity index (χ0v) is 13.4. The van der Waals surface area contributed by atoms with Crippen LogP contribution in [0, 0.1) is 0 Å². The molecule has 0 aliphatic heterocycles. The third-order valence-corrected chi connectivity index (χ3v) is 3.26. The van der Waals surface area contributed by atoms with Crippen LogP contribution in [0.4, 0.5) is 5.69 Å². The molecule has 2 aromatic rings. The third-order valence-electron chi connectivity index (χ3n) is 3.26. The van der Waals surface area contributed by atoms with E-state index >= 15 is 0 Å². The fraction of sp³-hybridized carbons (Fsp3) is 0.235. The zero-order chi connectivity index (χ0) is 17.0. The summed E-state index contributed by atoms with van der Waals surface area (Å²) < 4.78 is 0. The number of nitrogens with zero attached hydrogens (tertiary/aromatic N) is 2. The summed E-state index contributed by atoms with van der Waals surface area (Å²) in [5.41, 5.74) is 0.988. The molecule has 0 saturated carbocycles. The molecule has 0 atom stereocenters. The highest BCUT2D eigenvalue weighted by Gasteiger charge is 2.23. The minimum absolute atomic E-state index is 0.233. The summed E-state index contributed by atoms with van der Waals surface area (Å²) in [6, 6.07) is 3.54. The molecule has 0 saturated heterocycles. The van der Waals surface area contributed by atoms with Crippen molar-refractivity contribution in [3.63, 3.8) is 0 Å². The lowest BCUT2D eigenvalue weighted by atomic mass is 9.95. The molecule has 0 bridgehead atoms. The second-order valence-electron chi connectivity index (χ2n) is 5.54. The topological polar surface area (TPSA) is 90.4 Å². The van der Waals surface area contributed by atoms with Crippen LogP contribution in [0.5, 0.6) is 0 Å². The van der Waals surface area contributed by atoms with Crippen molar-refractivity contribution in [1.29, 1.82) is 0 Å². The molecule has 3 N–H and O–H groups in total. The molecule has 6 heteroatoms. The summed E-state index contributed by atoms with van der Waals surface area (Å²) in [7, 11) is 0. The molecule has 6 nitrogen and oxygen atoms in total. The number of anilines is 1. The van der Waals surface area contributed by atoms with Crippen LogP contribution in [0.15, 0.2) is 47.7 Å². The Morgan fingerprint density at radius 1 is 1.48 bits per heavy atom. The van der Waals surface area contributed by atoms with Gasteiger partial charge in [-0.1, -0.05) is 12.7 Å². The van der Waals surface area contributed by atoms with Gasteiger partial charge in [0.1, 0.15) is 5.70 Å². The molecular weight excluding hydrogens is 292 g/mol. The number of rotatable bonds is 5. The highest BCUT2D eigenvalue weighted by Crippen LogP contribution is 2.31. The highest BCUT2D eigenvalue weighted by molar-refractivity contribution is 6.05. The number of aromatic amines is 1. The maximum absolute atomic E-state index is 12.4. The fourth-order valence-electron chi connectivity index (χ4n) is 2.22. The Morgan fingerprint density at radius 3 is 2.83 bits per heavy atom. The number of fused-ring (bicyclic) bond motifs is 1. The first-order valence-electron chi connectivity index (χ1n) is 7.19. The summed E-state index contributed by atoms with van der Waals surface area (Å²) in [5, 5.41) is 20.8. The predicted molar refractivity (Wildman–Crippen MR) is 92.4 cm³/mol. The standard InChI is InChI=1S/C17H20N4O2/c1-5-7-13(18-6-2)16(22)20-15-8-11-10-19-21-14(11)9-12(15)17(3,4)23/h5-10,23H,1H2,2-4H3,(H,19,21)(H,20,22)/b13-7-,18-6?. The van der Waals surface area contributed by atoms with Crippen molar-refractivity contribution in [3.05, 3.63) is 48.3 Å². The van der Waals surface area contributed by atoms with E-state index in [2.05, 4.69) is 27.1 Å². The summed E-state index contributed by atoms with van der Waals surface area (Å²) in [4.78, 5) is 16.4. The van der Waals surface area contributed by atoms with Gasteiger partial charge in [0, 0.05) is 22.9 Å². The van der Waals surface area contributed by atoms with Gasteiger partial charge in [-0.2, -0.15) is 5.10 Å². The normalized spacial score (nSPS) is 12.8. The van der Waals surface area contributed by atoms with Crippen molar-refractivity contribution < 1.29 is 9.90 Å². The van der Waals surface area contributed by atoms with Gasteiger partial charge in [-0.15, -0.1) is 0 Å². The fourth-order valence-corrected chi connectivity index (χ4v) is 2.22. The molecule has 1 aromatic carbocycles. The number of hydrogen-bond donors (Lipinski definition) is 3. The van der Waals surface area contributed by atoms with Crippen molar-refractivity contribution in [1.82, 2.24) is 10.2 Å². The van der Waals surface area contributed by atoms with Crippen LogP contribution in [0.2, 0.25) is 0 Å². The van der Waals surface area contributed by atoms with E-state index in [0.29, 0.717) is 11.3 Å². The highest BCUT2D eigenvalue weighted by atomic mass is 16.3. The molecular formula is C17H20N4O2. The van der Waals surface area contributed by atoms with Crippen molar-refractivity contribution in [2.45, 2.75) is 26.4 Å². The van der Waals surface area contributed by atoms with Crippen LogP contribution < -0.4 is 5.32 Å². The average molecular weight is 312 g/mol. The van der Waals surface area contributed by atoms with E-state index in [9.17, 15) is 9.90 Å². The summed E-state index contributed by atoms with van der Waals surface area (Å²) in [6.07, 6.45) is 6.21. The number of carbonyl (C=O) groups excluding carboxylic acids is 1. The monoisotopic (exact) mass is 312 g/mol. The molecule has 1 aromatic heterocycles. The number of nitrogens with one attached hydrogen (secondary N) is 2. The summed E-state index contributed by atoms with van der Waals surface area (Å²) >= 11 is 0. The van der Waals surface area contributed by atoms with Gasteiger partial charge in [-0.25, -0.2) is 0 Å². The Balaban J connectivity index is 2.47. The first-order chi connectivity index (χ1) is 10.9. The quantitative estimate of drug-likeness (QED) is 0.450. The lowest BCUT2D eigenvalue weighted by Gasteiger charge is -2.22. The number of benzene rings is 1. The van der Waals surface area contributed by atoms with E-state index in [1.54, 1.807) is 39.1 Å². The van der Waals surface area contributed by atoms with Gasteiger partial charge < -0.3 is 10.4 Å². The SMILES string of the molecule is C=C/C=C(\N=CC)C(=O)Nc1cc2cn[nH]c2cc1C(C)(C)O. The maximum atomic E-state index is 12.4. The van der Waals surface area contributed by atoms with Crippen LogP contribution in [0.25, 0.3) is 10.9 Å². The van der Waals surface area contributed by atoms with E-state index in [4.69, 9.17) is 0 Å². The number of hydrogen-bond acceptors (Lipinski definition) is 4. The second kappa shape index (κ2) is 6.58. The van der Waals surface area contributed by atoms with Crippen molar-refractivity contribution in [2.75, 3.05) is 5.32 Å². The van der Waals surface area contributed by atoms with E-state index < -0.39 is 5.60 Å². The van der Waals surface area contributed by atoms with Crippen molar-refractivity contribution in [2.24, 2.45) is 4.99 Å². The van der Waals surface area contributed by atoms with Crippen molar-refractivity contribution >= 4 is 28.7 Å². The van der Waals surface area contributed by atoms with Gasteiger partial charge in [-0.05, 0) is 39.0 Å². The Labute approximate surface area is 134 Å². The Morgan fingerprint density at radius 2 is 2.22 bits per heavy atom. The second-order valence-corrected chi connectivity index (χ2v) is 5.54. The smallest absolute Gasteiger partial charge is 0.274 e. The zero-order valence-electron chi connectivity index (χ0n) is 13.4. The number of aromatic nitrogens is 2. The number of allylic oxidation sites excluding steroid dienone is 2. The van der Waals surface area contributed by atoms with Gasteiger partial charge in [0.2, 0.25) is 0 Å². The van der Waals surface area contributed by atoms with E-state index in [0.717, 1.165) is 10.9 Å². The Kier molecular flexibility index (Phi) is 4.76. The molecule has 1 heterocycles. The minimum Gasteiger partial charge on any atom is -0.386 e. The van der Waals surface area contributed by atoms with Crippen LogP contribution in [0.1, 0.15) is 26.3 Å². The number of carbonyl (C=O) groups is 1.